The molecule has 0 aliphatic carbocycles. The largest absolute Gasteiger partial charge is 0.495 e. The molecule has 1 atom stereocenters. The van der Waals surface area contributed by atoms with Gasteiger partial charge in [-0.25, -0.2) is 8.42 Å². The number of fused-ring (bicyclic) bond motifs is 1. The van der Waals surface area contributed by atoms with Gasteiger partial charge in [0.1, 0.15) is 11.8 Å². The molecule has 0 aromatic heterocycles. The molecule has 0 spiro atoms. The predicted octanol–water partition coefficient (Wildman–Crippen LogP) is 3.09. The van der Waals surface area contributed by atoms with Crippen molar-refractivity contribution in [1.82, 2.24) is 0 Å². The Labute approximate surface area is 164 Å². The molecule has 0 radical (unpaired) electrons. The molecule has 2 aromatic carbocycles. The molecular formula is C19H21ClN2O4S. The highest BCUT2D eigenvalue weighted by Gasteiger charge is 2.35. The van der Waals surface area contributed by atoms with E-state index in [-0.39, 0.29) is 10.9 Å². The normalized spacial score (nSPS) is 14.6. The number of carbonyl (C=O) groups excluding carboxylic acids is 1. The summed E-state index contributed by atoms with van der Waals surface area (Å²) in [6.07, 6.45) is 1.83. The SMILES string of the molecule is COc1ccc(N([C@H](C)C(=O)N2CCc3ccccc32)S(C)(=O)=O)cc1Cl. The van der Waals surface area contributed by atoms with Crippen molar-refractivity contribution in [2.75, 3.05) is 29.1 Å². The molecule has 6 nitrogen and oxygen atoms in total. The minimum absolute atomic E-state index is 0.273. The predicted molar refractivity (Wildman–Crippen MR) is 107 cm³/mol. The molecule has 0 saturated heterocycles. The van der Waals surface area contributed by atoms with E-state index in [2.05, 4.69) is 0 Å². The third-order valence-electron chi connectivity index (χ3n) is 4.61. The van der Waals surface area contributed by atoms with Gasteiger partial charge in [0.25, 0.3) is 5.91 Å². The van der Waals surface area contributed by atoms with Gasteiger partial charge in [0.05, 0.1) is 24.1 Å². The number of hydrogen-bond donors (Lipinski definition) is 0. The number of sulfonamides is 1. The number of rotatable bonds is 5. The minimum atomic E-state index is -3.72. The summed E-state index contributed by atoms with van der Waals surface area (Å²) in [7, 11) is -2.24. The maximum Gasteiger partial charge on any atom is 0.250 e. The molecule has 0 N–H and O–H groups in total. The number of nitrogens with zero attached hydrogens (tertiary/aromatic N) is 2. The molecule has 144 valence electrons. The average Bonchev–Trinajstić information content (AvgIpc) is 3.04. The van der Waals surface area contributed by atoms with Crippen molar-refractivity contribution in [1.29, 1.82) is 0 Å². The molecule has 1 aliphatic rings. The first-order chi connectivity index (χ1) is 12.7. The summed E-state index contributed by atoms with van der Waals surface area (Å²) in [4.78, 5) is 14.8. The first-order valence-corrected chi connectivity index (χ1v) is 10.7. The number of carbonyl (C=O) groups is 1. The maximum atomic E-state index is 13.1. The summed E-state index contributed by atoms with van der Waals surface area (Å²) in [6, 6.07) is 11.4. The first-order valence-electron chi connectivity index (χ1n) is 8.46. The second-order valence-corrected chi connectivity index (χ2v) is 8.69. The summed E-state index contributed by atoms with van der Waals surface area (Å²) in [5, 5.41) is 0.273. The van der Waals surface area contributed by atoms with Crippen LogP contribution in [0.3, 0.4) is 0 Å². The molecule has 3 rings (SSSR count). The Balaban J connectivity index is 1.97. The quantitative estimate of drug-likeness (QED) is 0.762. The number of anilines is 2. The lowest BCUT2D eigenvalue weighted by molar-refractivity contribution is -0.119. The zero-order valence-electron chi connectivity index (χ0n) is 15.3. The Morgan fingerprint density at radius 3 is 2.59 bits per heavy atom. The smallest absolute Gasteiger partial charge is 0.250 e. The minimum Gasteiger partial charge on any atom is -0.495 e. The third-order valence-corrected chi connectivity index (χ3v) is 6.15. The Hall–Kier alpha value is -2.25. The van der Waals surface area contributed by atoms with E-state index >= 15 is 0 Å². The molecule has 0 unspecified atom stereocenters. The summed E-state index contributed by atoms with van der Waals surface area (Å²) >= 11 is 6.16. The van der Waals surface area contributed by atoms with Gasteiger partial charge in [0.15, 0.2) is 0 Å². The molecule has 27 heavy (non-hydrogen) atoms. The zero-order chi connectivity index (χ0) is 19.8. The maximum absolute atomic E-state index is 13.1. The Kier molecular flexibility index (Phi) is 5.35. The van der Waals surface area contributed by atoms with Gasteiger partial charge in [-0.05, 0) is 43.2 Å². The van der Waals surface area contributed by atoms with Crippen LogP contribution in [0.25, 0.3) is 0 Å². The molecule has 1 amide bonds. The topological polar surface area (TPSA) is 66.9 Å². The summed E-state index contributed by atoms with van der Waals surface area (Å²) in [6.45, 7) is 2.12. The number of benzene rings is 2. The van der Waals surface area contributed by atoms with E-state index in [0.29, 0.717) is 18.0 Å². The second-order valence-electron chi connectivity index (χ2n) is 6.42. The monoisotopic (exact) mass is 408 g/mol. The highest BCUT2D eigenvalue weighted by Crippen LogP contribution is 2.33. The molecule has 0 bridgehead atoms. The van der Waals surface area contributed by atoms with Crippen LogP contribution in [0, 0.1) is 0 Å². The van der Waals surface area contributed by atoms with Crippen LogP contribution in [-0.4, -0.2) is 40.3 Å². The van der Waals surface area contributed by atoms with Crippen LogP contribution in [-0.2, 0) is 21.2 Å². The van der Waals surface area contributed by atoms with Crippen molar-refractivity contribution >= 4 is 38.9 Å². The highest BCUT2D eigenvalue weighted by atomic mass is 35.5. The molecule has 8 heteroatoms. The van der Waals surface area contributed by atoms with E-state index in [0.717, 1.165) is 28.2 Å². The van der Waals surface area contributed by atoms with Crippen LogP contribution < -0.4 is 13.9 Å². The summed E-state index contributed by atoms with van der Waals surface area (Å²) in [5.41, 5.74) is 2.23. The van der Waals surface area contributed by atoms with E-state index in [1.165, 1.54) is 13.2 Å². The number of hydrogen-bond acceptors (Lipinski definition) is 4. The number of methoxy groups -OCH3 is 1. The van der Waals surface area contributed by atoms with Gasteiger partial charge in [0, 0.05) is 12.2 Å². The molecule has 0 saturated carbocycles. The van der Waals surface area contributed by atoms with Crippen LogP contribution >= 0.6 is 11.6 Å². The van der Waals surface area contributed by atoms with Crippen LogP contribution in [0.2, 0.25) is 5.02 Å². The average molecular weight is 409 g/mol. The number of ether oxygens (including phenoxy) is 1. The molecule has 2 aromatic rings. The van der Waals surface area contributed by atoms with Crippen molar-refractivity contribution in [3.8, 4) is 5.75 Å². The van der Waals surface area contributed by atoms with E-state index in [4.69, 9.17) is 16.3 Å². The van der Waals surface area contributed by atoms with Crippen molar-refractivity contribution in [3.63, 3.8) is 0 Å². The van der Waals surface area contributed by atoms with Gasteiger partial charge in [-0.3, -0.25) is 9.10 Å². The Bertz CT molecular complexity index is 977. The zero-order valence-corrected chi connectivity index (χ0v) is 16.9. The van der Waals surface area contributed by atoms with Crippen molar-refractivity contribution < 1.29 is 17.9 Å². The first kappa shape index (κ1) is 19.5. The summed E-state index contributed by atoms with van der Waals surface area (Å²) < 4.78 is 31.2. The second kappa shape index (κ2) is 7.40. The molecule has 0 fully saturated rings. The molecule has 1 aliphatic heterocycles. The lowest BCUT2D eigenvalue weighted by atomic mass is 10.2. The van der Waals surface area contributed by atoms with Crippen molar-refractivity contribution in [3.05, 3.63) is 53.1 Å². The number of amides is 1. The Morgan fingerprint density at radius 1 is 1.26 bits per heavy atom. The van der Waals surface area contributed by atoms with E-state index in [1.807, 2.05) is 24.3 Å². The van der Waals surface area contributed by atoms with Crippen LogP contribution in [0.15, 0.2) is 42.5 Å². The van der Waals surface area contributed by atoms with Gasteiger partial charge >= 0.3 is 0 Å². The number of para-hydroxylation sites is 1. The van der Waals surface area contributed by atoms with Gasteiger partial charge < -0.3 is 9.64 Å². The van der Waals surface area contributed by atoms with Crippen molar-refractivity contribution in [2.24, 2.45) is 0 Å². The van der Waals surface area contributed by atoms with E-state index in [1.54, 1.807) is 24.0 Å². The fourth-order valence-corrected chi connectivity index (χ4v) is 4.80. The van der Waals surface area contributed by atoms with Crippen LogP contribution in [0.4, 0.5) is 11.4 Å². The molecular weight excluding hydrogens is 388 g/mol. The van der Waals surface area contributed by atoms with Crippen LogP contribution in [0.5, 0.6) is 5.75 Å². The fourth-order valence-electron chi connectivity index (χ4n) is 3.39. The van der Waals surface area contributed by atoms with E-state index in [9.17, 15) is 13.2 Å². The van der Waals surface area contributed by atoms with Crippen molar-refractivity contribution in [2.45, 2.75) is 19.4 Å². The summed E-state index contributed by atoms with van der Waals surface area (Å²) in [5.74, 6) is 0.152. The lowest BCUT2D eigenvalue weighted by Gasteiger charge is -2.31. The van der Waals surface area contributed by atoms with Gasteiger partial charge in [-0.1, -0.05) is 29.8 Å². The van der Waals surface area contributed by atoms with Gasteiger partial charge in [-0.15, -0.1) is 0 Å². The Morgan fingerprint density at radius 2 is 1.96 bits per heavy atom. The standard InChI is InChI=1S/C19H21ClN2O4S/c1-13(19(23)21-11-10-14-6-4-5-7-17(14)21)22(27(3,24)25)15-8-9-18(26-2)16(20)12-15/h4-9,12-13H,10-11H2,1-3H3/t13-/m1/s1. The number of halogens is 1. The fraction of sp³-hybridized carbons (Fsp3) is 0.316. The lowest BCUT2D eigenvalue weighted by Crippen LogP contribution is -2.49. The molecule has 1 heterocycles. The van der Waals surface area contributed by atoms with Gasteiger partial charge in [0.2, 0.25) is 10.0 Å². The van der Waals surface area contributed by atoms with Gasteiger partial charge in [-0.2, -0.15) is 0 Å². The van der Waals surface area contributed by atoms with Crippen LogP contribution in [0.1, 0.15) is 12.5 Å². The third kappa shape index (κ3) is 3.75. The highest BCUT2D eigenvalue weighted by molar-refractivity contribution is 7.92. The van der Waals surface area contributed by atoms with E-state index < -0.39 is 16.1 Å².